The Bertz CT molecular complexity index is 6430. The van der Waals surface area contributed by atoms with Crippen molar-refractivity contribution in [2.45, 2.75) is 26.7 Å². The first-order valence-corrected chi connectivity index (χ1v) is 50.9. The smallest absolute Gasteiger partial charge is 0.423 e. The van der Waals surface area contributed by atoms with Crippen LogP contribution in [-0.2, 0) is 33.3 Å². The quantitative estimate of drug-likeness (QED) is 0.0306. The molecule has 0 aliphatic carbocycles. The van der Waals surface area contributed by atoms with E-state index < -0.39 is 38.8 Å². The average Bonchev–Trinajstić information content (AvgIpc) is 1.71. The number of rotatable bonds is 16. The maximum absolute atomic E-state index is 12.1. The molecule has 14 aromatic carbocycles. The van der Waals surface area contributed by atoms with E-state index >= 15 is 0 Å². The zero-order valence-corrected chi connectivity index (χ0v) is 82.2. The van der Waals surface area contributed by atoms with Crippen LogP contribution in [0.4, 0.5) is 0 Å². The van der Waals surface area contributed by atoms with Gasteiger partial charge in [0.05, 0.1) is 50.3 Å². The Morgan fingerprint density at radius 1 is 0.285 bits per heavy atom. The summed E-state index contributed by atoms with van der Waals surface area (Å²) in [6.45, 7) is 5.05. The summed E-state index contributed by atoms with van der Waals surface area (Å²) in [4.78, 5) is 57.1. The average molecular weight is 2020 g/mol. The molecule has 2 amide bonds. The molecule has 23 heteroatoms. The van der Waals surface area contributed by atoms with Gasteiger partial charge in [-0.05, 0) is 152 Å². The molecule has 2 aliphatic rings. The summed E-state index contributed by atoms with van der Waals surface area (Å²) < 4.78 is 0. The number of aryl methyl sites for hydroxylation is 2. The number of amides is 2. The van der Waals surface area contributed by atoms with Crippen LogP contribution in [0.1, 0.15) is 43.5 Å². The van der Waals surface area contributed by atoms with Gasteiger partial charge >= 0.3 is 7.12 Å². The Kier molecular flexibility index (Phi) is 35.5. The number of fused-ring (bicyclic) bond motifs is 4. The van der Waals surface area contributed by atoms with Gasteiger partial charge in [-0.3, -0.25) is 9.59 Å². The van der Waals surface area contributed by atoms with E-state index in [1.54, 1.807) is 12.3 Å². The molecule has 0 saturated heterocycles. The largest absolute Gasteiger partial charge is 0.491 e. The predicted octanol–water partition coefficient (Wildman–Crippen LogP) is 20.0. The Labute approximate surface area is 832 Å². The van der Waals surface area contributed by atoms with Crippen LogP contribution in [0.25, 0.3) is 55.8 Å². The van der Waals surface area contributed by atoms with Crippen LogP contribution in [0.15, 0.2) is 449 Å². The first-order valence-electron chi connectivity index (χ1n) is 44.4. The minimum Gasteiger partial charge on any atom is -0.423 e. The molecule has 0 fully saturated rings. The Balaban J connectivity index is 0.000000123. The molecule has 0 unspecified atom stereocenters. The van der Waals surface area contributed by atoms with E-state index in [0.29, 0.717) is 45.9 Å². The van der Waals surface area contributed by atoms with Crippen LogP contribution in [0.2, 0.25) is 15.5 Å². The number of aromatic amines is 2. The normalized spacial score (nSPS) is 11.6. The molecule has 678 valence electrons. The van der Waals surface area contributed by atoms with E-state index in [0.717, 1.165) is 80.1 Å². The van der Waals surface area contributed by atoms with E-state index in [-0.39, 0.29) is 42.9 Å². The number of H-pyrrole nitrogens is 2. The molecule has 8 heterocycles. The zero-order valence-electron chi connectivity index (χ0n) is 74.8. The number of halogens is 3. The van der Waals surface area contributed by atoms with Crippen molar-refractivity contribution in [2.24, 2.45) is 0 Å². The third kappa shape index (κ3) is 25.6. The second kappa shape index (κ2) is 49.5. The molecule has 0 radical (unpaired) electrons. The van der Waals surface area contributed by atoms with Gasteiger partial charge in [-0.2, -0.15) is 0 Å². The number of nitrogens with one attached hydrogen (secondary N) is 4. The van der Waals surface area contributed by atoms with E-state index in [2.05, 4.69) is 405 Å². The van der Waals surface area contributed by atoms with Gasteiger partial charge in [0, 0.05) is 104 Å². The van der Waals surface area contributed by atoms with Gasteiger partial charge in [-0.1, -0.05) is 429 Å². The first kappa shape index (κ1) is 98.3. The summed E-state index contributed by atoms with van der Waals surface area (Å²) in [6.07, 6.45) is 4.72. The molecule has 14 nitrogen and oxygen atoms in total. The van der Waals surface area contributed by atoms with Crippen molar-refractivity contribution >= 4 is 177 Å². The summed E-state index contributed by atoms with van der Waals surface area (Å²) in [7, 11) is -3.32. The summed E-state index contributed by atoms with van der Waals surface area (Å²) in [5, 5.41) is 40.7. The molecule has 0 saturated carbocycles. The second-order valence-corrected chi connectivity index (χ2v) is 41.2. The Morgan fingerprint density at radius 3 is 0.810 bits per heavy atom. The standard InChI is InChI=1S/C21H16ClN5O.4C18H15P.C16H13ClN4O.C5H5BClNO2.Pd/c1-11-18(13-5-3-8-23-20(13)22)27-19-12(4-2-6-16(19)25-11)17-10-14-15(26-17)7-9-24-21(14)28;4*1-4-10-16(11-5-1)19(17-12-6-2-7-13-17)18-14-8-3-9-15-18;1-8-15(17)21-14-9(3-2-4-12(14)19-8)13-7-10-11(20-13)5-6-18-16(10)22;7-5-4(6(9)10)2-1-3-8-5;/h2-6,8,10,26H,7,9H2,1H3,(H,24,28);4*1-15H;2-4,7,20H,5-6H2,1H3,(H,18,22);1-3,9-10H;. The number of para-hydroxylation sites is 2. The number of benzene rings is 14. The Morgan fingerprint density at radius 2 is 0.547 bits per heavy atom. The minimum atomic E-state index is -1.54. The van der Waals surface area contributed by atoms with E-state index in [1.165, 1.54) is 75.9 Å². The van der Waals surface area contributed by atoms with Gasteiger partial charge in [0.2, 0.25) is 0 Å². The molecule has 22 rings (SSSR count). The second-order valence-electron chi connectivity index (χ2n) is 31.2. The first-order chi connectivity index (χ1) is 66.8. The summed E-state index contributed by atoms with van der Waals surface area (Å²) in [6, 6.07) is 152. The summed E-state index contributed by atoms with van der Waals surface area (Å²) in [5.74, 6) is -0.0855. The van der Waals surface area contributed by atoms with Crippen LogP contribution in [-0.4, -0.2) is 81.9 Å². The number of pyridine rings is 2. The Hall–Kier alpha value is -13.2. The minimum absolute atomic E-state index is 0. The number of carbonyl (C=O) groups is 2. The van der Waals surface area contributed by atoms with Crippen molar-refractivity contribution in [1.82, 2.24) is 50.5 Å². The van der Waals surface area contributed by atoms with Crippen molar-refractivity contribution in [3.8, 4) is 33.8 Å². The van der Waals surface area contributed by atoms with E-state index in [4.69, 9.17) is 54.8 Å². The van der Waals surface area contributed by atoms with Crippen molar-refractivity contribution in [3.63, 3.8) is 0 Å². The molecule has 0 spiro atoms. The maximum atomic E-state index is 12.1. The molecule has 6 N–H and O–H groups in total. The van der Waals surface area contributed by atoms with Crippen LogP contribution in [0.5, 0.6) is 0 Å². The van der Waals surface area contributed by atoms with Crippen molar-refractivity contribution < 1.29 is 40.1 Å². The van der Waals surface area contributed by atoms with Crippen molar-refractivity contribution in [3.05, 3.63) is 499 Å². The van der Waals surface area contributed by atoms with Gasteiger partial charge in [0.15, 0.2) is 5.15 Å². The zero-order chi connectivity index (χ0) is 93.7. The van der Waals surface area contributed by atoms with Gasteiger partial charge in [-0.15, -0.1) is 0 Å². The van der Waals surface area contributed by atoms with Crippen LogP contribution in [0.3, 0.4) is 0 Å². The molecule has 2 aliphatic heterocycles. The van der Waals surface area contributed by atoms with Gasteiger partial charge in [0.25, 0.3) is 11.8 Å². The molecule has 6 aromatic heterocycles. The third-order valence-electron chi connectivity index (χ3n) is 22.1. The monoisotopic (exact) mass is 2010 g/mol. The fraction of sp³-hybridized carbons (Fsp3) is 0.0526. The fourth-order valence-corrected chi connectivity index (χ4v) is 25.5. The number of hydrogen-bond donors (Lipinski definition) is 6. The number of nitrogens with zero attached hydrogens (tertiary/aromatic N) is 6. The molecule has 0 bridgehead atoms. The molecule has 0 atom stereocenters. The molecular weight excluding hydrogens is 1920 g/mol. The summed E-state index contributed by atoms with van der Waals surface area (Å²) in [5.41, 5.74) is 13.0. The fourth-order valence-electron chi connectivity index (χ4n) is 15.7. The number of aromatic nitrogens is 8. The molecule has 137 heavy (non-hydrogen) atoms. The number of hydrogen-bond acceptors (Lipinski definition) is 10. The van der Waals surface area contributed by atoms with Crippen LogP contribution >= 0.6 is 66.5 Å². The molecule has 20 aromatic rings. The van der Waals surface area contributed by atoms with Crippen LogP contribution in [0, 0.1) is 13.8 Å². The van der Waals surface area contributed by atoms with Gasteiger partial charge in [0.1, 0.15) is 10.3 Å². The number of carbonyl (C=O) groups excluding carboxylic acids is 2. The van der Waals surface area contributed by atoms with E-state index in [9.17, 15) is 9.59 Å². The van der Waals surface area contributed by atoms with Crippen molar-refractivity contribution in [1.29, 1.82) is 0 Å². The van der Waals surface area contributed by atoms with Crippen molar-refractivity contribution in [2.75, 3.05) is 13.1 Å². The van der Waals surface area contributed by atoms with Gasteiger partial charge in [-0.25, -0.2) is 29.9 Å². The SMILES string of the molecule is Cc1nc2cccc(-c3cc4c([nH]3)CCNC4=O)c2nc1-c1cccnc1Cl.Cc1nc2cccc(-c3cc4c([nH]3)CCNC4=O)c2nc1Cl.OB(O)c1cccnc1Cl.[Pd].c1ccc(P(c2ccccc2)c2ccccc2)cc1.c1ccc(P(c2ccccc2)c2ccccc2)cc1.c1ccc(P(c2ccccc2)c2ccccc2)cc1.c1ccc(P(c2ccccc2)c2ccccc2)cc1. The predicted molar refractivity (Wildman–Crippen MR) is 573 cm³/mol. The van der Waals surface area contributed by atoms with E-state index in [1.807, 2.05) is 74.5 Å². The molecular formula is C114H94BCl3N10O4P4Pd. The third-order valence-corrected chi connectivity index (χ3v) is 32.9. The topological polar surface area (TPSA) is 208 Å². The maximum Gasteiger partial charge on any atom is 0.491 e. The summed E-state index contributed by atoms with van der Waals surface area (Å²) >= 11 is 17.9. The van der Waals surface area contributed by atoms with Gasteiger partial charge < -0.3 is 30.6 Å². The van der Waals surface area contributed by atoms with Crippen LogP contribution < -0.4 is 79.8 Å².